The SMILES string of the molecule is CO[C@@H]1C[C@@H](c2nncn2C)N(c2cncc(Br)c2)C1. The smallest absolute Gasteiger partial charge is 0.155 e. The fourth-order valence-electron chi connectivity index (χ4n) is 2.65. The molecule has 0 radical (unpaired) electrons. The maximum Gasteiger partial charge on any atom is 0.155 e. The van der Waals surface area contributed by atoms with E-state index in [9.17, 15) is 0 Å². The van der Waals surface area contributed by atoms with Crippen LogP contribution in [-0.2, 0) is 11.8 Å². The van der Waals surface area contributed by atoms with E-state index in [4.69, 9.17) is 4.74 Å². The highest BCUT2D eigenvalue weighted by atomic mass is 79.9. The zero-order chi connectivity index (χ0) is 14.1. The second-order valence-electron chi connectivity index (χ2n) is 4.92. The predicted molar refractivity (Wildman–Crippen MR) is 78.4 cm³/mol. The van der Waals surface area contributed by atoms with Crippen LogP contribution < -0.4 is 4.90 Å². The van der Waals surface area contributed by atoms with Crippen molar-refractivity contribution >= 4 is 21.6 Å². The third-order valence-electron chi connectivity index (χ3n) is 3.66. The van der Waals surface area contributed by atoms with Gasteiger partial charge in [-0.3, -0.25) is 4.98 Å². The Morgan fingerprint density at radius 1 is 1.40 bits per heavy atom. The van der Waals surface area contributed by atoms with Crippen LogP contribution in [0.5, 0.6) is 0 Å². The molecule has 0 aromatic carbocycles. The van der Waals surface area contributed by atoms with E-state index >= 15 is 0 Å². The number of hydrogen-bond donors (Lipinski definition) is 0. The molecule has 1 fully saturated rings. The number of aryl methyl sites for hydroxylation is 1. The van der Waals surface area contributed by atoms with Crippen LogP contribution in [0.4, 0.5) is 5.69 Å². The highest BCUT2D eigenvalue weighted by Crippen LogP contribution is 2.36. The molecule has 2 atom stereocenters. The quantitative estimate of drug-likeness (QED) is 0.856. The summed E-state index contributed by atoms with van der Waals surface area (Å²) in [6, 6.07) is 2.22. The molecule has 6 nitrogen and oxygen atoms in total. The molecule has 20 heavy (non-hydrogen) atoms. The van der Waals surface area contributed by atoms with Gasteiger partial charge in [-0.25, -0.2) is 0 Å². The van der Waals surface area contributed by atoms with Gasteiger partial charge in [0.1, 0.15) is 6.33 Å². The highest BCUT2D eigenvalue weighted by molar-refractivity contribution is 9.10. The van der Waals surface area contributed by atoms with Crippen LogP contribution in [0.2, 0.25) is 0 Å². The van der Waals surface area contributed by atoms with E-state index in [1.54, 1.807) is 19.6 Å². The number of methoxy groups -OCH3 is 1. The minimum absolute atomic E-state index is 0.156. The Bertz CT molecular complexity index is 602. The Morgan fingerprint density at radius 2 is 2.25 bits per heavy atom. The molecule has 2 aromatic heterocycles. The topological polar surface area (TPSA) is 56.1 Å². The summed E-state index contributed by atoms with van der Waals surface area (Å²) in [6.07, 6.45) is 6.47. The number of aromatic nitrogens is 4. The van der Waals surface area contributed by atoms with Crippen LogP contribution in [0.3, 0.4) is 0 Å². The number of hydrogen-bond acceptors (Lipinski definition) is 5. The molecule has 0 amide bonds. The molecule has 1 aliphatic rings. The summed E-state index contributed by atoms with van der Waals surface area (Å²) in [7, 11) is 3.72. The van der Waals surface area contributed by atoms with Crippen LogP contribution in [0.15, 0.2) is 29.3 Å². The van der Waals surface area contributed by atoms with Crippen molar-refractivity contribution in [1.29, 1.82) is 0 Å². The summed E-state index contributed by atoms with van der Waals surface area (Å²) in [5.41, 5.74) is 1.06. The van der Waals surface area contributed by atoms with Gasteiger partial charge in [-0.1, -0.05) is 0 Å². The number of ether oxygens (including phenoxy) is 1. The Kier molecular flexibility index (Phi) is 3.71. The monoisotopic (exact) mass is 337 g/mol. The molecule has 1 aliphatic heterocycles. The molecule has 0 bridgehead atoms. The third-order valence-corrected chi connectivity index (χ3v) is 4.10. The molecule has 0 saturated carbocycles. The maximum absolute atomic E-state index is 5.53. The van der Waals surface area contributed by atoms with Crippen LogP contribution >= 0.6 is 15.9 Å². The van der Waals surface area contributed by atoms with Crippen molar-refractivity contribution in [1.82, 2.24) is 19.7 Å². The van der Waals surface area contributed by atoms with Gasteiger partial charge in [0, 0.05) is 37.8 Å². The predicted octanol–water partition coefficient (Wildman–Crippen LogP) is 1.94. The lowest BCUT2D eigenvalue weighted by molar-refractivity contribution is 0.118. The van der Waals surface area contributed by atoms with Crippen molar-refractivity contribution in [3.63, 3.8) is 0 Å². The van der Waals surface area contributed by atoms with Gasteiger partial charge in [-0.15, -0.1) is 10.2 Å². The molecule has 7 heteroatoms. The summed E-state index contributed by atoms with van der Waals surface area (Å²) in [5, 5.41) is 8.23. The van der Waals surface area contributed by atoms with Crippen molar-refractivity contribution in [2.75, 3.05) is 18.6 Å². The van der Waals surface area contributed by atoms with Crippen LogP contribution in [0.1, 0.15) is 18.3 Å². The van der Waals surface area contributed by atoms with E-state index in [-0.39, 0.29) is 12.1 Å². The van der Waals surface area contributed by atoms with Crippen molar-refractivity contribution in [2.45, 2.75) is 18.6 Å². The number of halogens is 1. The Hall–Kier alpha value is -1.47. The van der Waals surface area contributed by atoms with Gasteiger partial charge in [0.05, 0.1) is 24.0 Å². The molecule has 1 saturated heterocycles. The van der Waals surface area contributed by atoms with Crippen molar-refractivity contribution in [3.8, 4) is 0 Å². The molecule has 0 N–H and O–H groups in total. The van der Waals surface area contributed by atoms with Crippen LogP contribution in [-0.4, -0.2) is 39.5 Å². The minimum atomic E-state index is 0.156. The largest absolute Gasteiger partial charge is 0.380 e. The van der Waals surface area contributed by atoms with E-state index in [0.717, 1.165) is 29.0 Å². The molecule has 0 aliphatic carbocycles. The van der Waals surface area contributed by atoms with Crippen molar-refractivity contribution < 1.29 is 4.74 Å². The summed E-state index contributed by atoms with van der Waals surface area (Å²) >= 11 is 3.47. The molecule has 0 unspecified atom stereocenters. The van der Waals surface area contributed by atoms with E-state index in [2.05, 4.69) is 42.1 Å². The summed E-state index contributed by atoms with van der Waals surface area (Å²) in [5.74, 6) is 0.949. The average molecular weight is 338 g/mol. The van der Waals surface area contributed by atoms with Crippen LogP contribution in [0, 0.1) is 0 Å². The Labute approximate surface area is 125 Å². The number of nitrogens with zero attached hydrogens (tertiary/aromatic N) is 5. The van der Waals surface area contributed by atoms with Crippen molar-refractivity contribution in [3.05, 3.63) is 35.1 Å². The van der Waals surface area contributed by atoms with E-state index in [0.29, 0.717) is 0 Å². The van der Waals surface area contributed by atoms with E-state index in [1.807, 2.05) is 17.8 Å². The van der Waals surface area contributed by atoms with Gasteiger partial charge < -0.3 is 14.2 Å². The fraction of sp³-hybridized carbons (Fsp3) is 0.462. The first-order valence-corrected chi connectivity index (χ1v) is 7.22. The lowest BCUT2D eigenvalue weighted by atomic mass is 10.2. The zero-order valence-corrected chi connectivity index (χ0v) is 13.0. The Balaban J connectivity index is 1.96. The summed E-state index contributed by atoms with van der Waals surface area (Å²) < 4.78 is 8.45. The molecule has 3 rings (SSSR count). The van der Waals surface area contributed by atoms with Gasteiger partial charge >= 0.3 is 0 Å². The molecule has 0 spiro atoms. The van der Waals surface area contributed by atoms with E-state index in [1.165, 1.54) is 0 Å². The van der Waals surface area contributed by atoms with Gasteiger partial charge in [0.25, 0.3) is 0 Å². The van der Waals surface area contributed by atoms with E-state index < -0.39 is 0 Å². The van der Waals surface area contributed by atoms with Gasteiger partial charge in [0.15, 0.2) is 5.82 Å². The highest BCUT2D eigenvalue weighted by Gasteiger charge is 2.36. The van der Waals surface area contributed by atoms with Crippen molar-refractivity contribution in [2.24, 2.45) is 7.05 Å². The first-order valence-electron chi connectivity index (χ1n) is 6.43. The second kappa shape index (κ2) is 5.49. The lowest BCUT2D eigenvalue weighted by Gasteiger charge is -2.25. The standard InChI is InChI=1S/C13H16BrN5O/c1-18-8-16-17-13(18)12-4-11(20-2)7-19(12)10-3-9(14)5-15-6-10/h3,5-6,8,11-12H,4,7H2,1-2H3/t11-,12+/m1/s1. The normalized spacial score (nSPS) is 22.4. The lowest BCUT2D eigenvalue weighted by Crippen LogP contribution is -2.26. The van der Waals surface area contributed by atoms with Crippen LogP contribution in [0.25, 0.3) is 0 Å². The number of pyridine rings is 1. The number of rotatable bonds is 3. The van der Waals surface area contributed by atoms with Gasteiger partial charge in [-0.2, -0.15) is 0 Å². The molecule has 106 valence electrons. The molecular weight excluding hydrogens is 322 g/mol. The van der Waals surface area contributed by atoms with Gasteiger partial charge in [-0.05, 0) is 22.0 Å². The van der Waals surface area contributed by atoms with Gasteiger partial charge in [0.2, 0.25) is 0 Å². The molecule has 2 aromatic rings. The molecular formula is C13H16BrN5O. The maximum atomic E-state index is 5.53. The zero-order valence-electron chi connectivity index (χ0n) is 11.4. The fourth-order valence-corrected chi connectivity index (χ4v) is 3.00. The summed E-state index contributed by atoms with van der Waals surface area (Å²) in [6.45, 7) is 0.826. The first-order chi connectivity index (χ1) is 9.69. The number of anilines is 1. The third kappa shape index (κ3) is 2.43. The average Bonchev–Trinajstić information content (AvgIpc) is 3.04. The Morgan fingerprint density at radius 3 is 2.90 bits per heavy atom. The summed E-state index contributed by atoms with van der Waals surface area (Å²) in [4.78, 5) is 6.52. The first kappa shape index (κ1) is 13.5. The molecule has 3 heterocycles. The minimum Gasteiger partial charge on any atom is -0.380 e. The second-order valence-corrected chi connectivity index (χ2v) is 5.84.